The summed E-state index contributed by atoms with van der Waals surface area (Å²) in [5.74, 6) is 1.21. The first-order chi connectivity index (χ1) is 4.92. The van der Waals surface area contributed by atoms with Crippen LogP contribution in [0.25, 0.3) is 0 Å². The molecular weight excluding hydrogens is 126 g/mol. The molecule has 0 saturated heterocycles. The van der Waals surface area contributed by atoms with Crippen molar-refractivity contribution in [1.29, 1.82) is 0 Å². The lowest BCUT2D eigenvalue weighted by Gasteiger charge is -1.97. The maximum atomic E-state index is 5.51. The number of nitrogens with one attached hydrogen (secondary N) is 1. The predicted octanol–water partition coefficient (Wildman–Crippen LogP) is 0.372. The van der Waals surface area contributed by atoms with Crippen LogP contribution in [0.2, 0.25) is 0 Å². The normalized spacial score (nSPS) is 14.9. The average Bonchev–Trinajstić information content (AvgIpc) is 2.44. The number of fused-ring (bicyclic) bond motifs is 1. The van der Waals surface area contributed by atoms with Gasteiger partial charge in [0.25, 0.3) is 0 Å². The van der Waals surface area contributed by atoms with Gasteiger partial charge in [0.1, 0.15) is 5.82 Å². The smallest absolute Gasteiger partial charge is 0.110 e. The zero-order valence-electron chi connectivity index (χ0n) is 5.80. The van der Waals surface area contributed by atoms with Crippen LogP contribution in [0.3, 0.4) is 0 Å². The molecule has 1 aliphatic rings. The summed E-state index contributed by atoms with van der Waals surface area (Å²) in [6.45, 7) is 2.76. The molecule has 54 valence electrons. The van der Waals surface area contributed by atoms with E-state index in [1.807, 2.05) is 0 Å². The average molecular weight is 137 g/mol. The van der Waals surface area contributed by atoms with Crippen LogP contribution >= 0.6 is 0 Å². The van der Waals surface area contributed by atoms with Gasteiger partial charge in [-0.2, -0.15) is 0 Å². The van der Waals surface area contributed by atoms with Gasteiger partial charge in [-0.05, 0) is 6.07 Å². The highest BCUT2D eigenvalue weighted by molar-refractivity contribution is 5.48. The van der Waals surface area contributed by atoms with Crippen molar-refractivity contribution in [3.05, 3.63) is 17.8 Å². The van der Waals surface area contributed by atoms with Crippen LogP contribution in [-0.4, -0.2) is 11.1 Å². The van der Waals surface area contributed by atoms with E-state index in [9.17, 15) is 0 Å². The molecule has 1 aliphatic heterocycles. The van der Waals surface area contributed by atoms with Gasteiger partial charge in [0.05, 0.1) is 0 Å². The lowest BCUT2D eigenvalue weighted by molar-refractivity contribution is 0.810. The quantitative estimate of drug-likeness (QED) is 0.587. The third-order valence-electron chi connectivity index (χ3n) is 1.91. The fourth-order valence-electron chi connectivity index (χ4n) is 1.38. The van der Waals surface area contributed by atoms with Crippen LogP contribution in [0.1, 0.15) is 5.56 Å². The van der Waals surface area contributed by atoms with Crippen LogP contribution in [0.5, 0.6) is 0 Å². The van der Waals surface area contributed by atoms with E-state index in [-0.39, 0.29) is 0 Å². The Labute approximate surface area is 59.8 Å². The summed E-state index contributed by atoms with van der Waals surface area (Å²) in [6.07, 6.45) is 2.08. The van der Waals surface area contributed by atoms with E-state index in [2.05, 4.69) is 22.1 Å². The number of nitrogens with zero attached hydrogens (tertiary/aromatic N) is 1. The summed E-state index contributed by atoms with van der Waals surface area (Å²) in [7, 11) is 0. The first kappa shape index (κ1) is 5.80. The van der Waals surface area contributed by atoms with Crippen molar-refractivity contribution in [2.24, 2.45) is 5.73 Å². The molecule has 0 bridgehead atoms. The molecule has 0 radical (unpaired) electrons. The van der Waals surface area contributed by atoms with Gasteiger partial charge in [-0.15, -0.1) is 0 Å². The molecule has 0 saturated carbocycles. The summed E-state index contributed by atoms with van der Waals surface area (Å²) in [4.78, 5) is 0. The number of nitrogens with two attached hydrogens (primary N) is 1. The molecule has 3 N–H and O–H groups in total. The first-order valence-electron chi connectivity index (χ1n) is 3.54. The van der Waals surface area contributed by atoms with Crippen molar-refractivity contribution < 1.29 is 0 Å². The Morgan fingerprint density at radius 2 is 2.60 bits per heavy atom. The van der Waals surface area contributed by atoms with Gasteiger partial charge in [-0.3, -0.25) is 0 Å². The highest BCUT2D eigenvalue weighted by atomic mass is 15.2. The minimum absolute atomic E-state index is 0.634. The monoisotopic (exact) mass is 137 g/mol. The van der Waals surface area contributed by atoms with Gasteiger partial charge >= 0.3 is 0 Å². The second-order valence-electron chi connectivity index (χ2n) is 2.51. The molecule has 0 spiro atoms. The molecule has 0 aromatic carbocycles. The Hall–Kier alpha value is -0.960. The molecule has 3 heteroatoms. The lowest BCUT2D eigenvalue weighted by atomic mass is 10.3. The SMILES string of the molecule is NCc1ccn2c1NCC2. The summed E-state index contributed by atoms with van der Waals surface area (Å²) in [5, 5.41) is 3.28. The van der Waals surface area contributed by atoms with Gasteiger partial charge < -0.3 is 15.6 Å². The van der Waals surface area contributed by atoms with Gasteiger partial charge in [-0.25, -0.2) is 0 Å². The topological polar surface area (TPSA) is 43.0 Å². The lowest BCUT2D eigenvalue weighted by Crippen LogP contribution is -1.99. The van der Waals surface area contributed by atoms with E-state index in [1.54, 1.807) is 0 Å². The van der Waals surface area contributed by atoms with Crippen LogP contribution in [-0.2, 0) is 13.1 Å². The van der Waals surface area contributed by atoms with Crippen molar-refractivity contribution in [2.75, 3.05) is 11.9 Å². The summed E-state index contributed by atoms with van der Waals surface area (Å²) in [5.41, 5.74) is 6.73. The Kier molecular flexibility index (Phi) is 1.17. The van der Waals surface area contributed by atoms with E-state index in [0.717, 1.165) is 13.1 Å². The molecule has 0 fully saturated rings. The van der Waals surface area contributed by atoms with Crippen LogP contribution in [0.15, 0.2) is 12.3 Å². The second kappa shape index (κ2) is 2.02. The van der Waals surface area contributed by atoms with E-state index < -0.39 is 0 Å². The van der Waals surface area contributed by atoms with Crippen LogP contribution < -0.4 is 11.1 Å². The summed E-state index contributed by atoms with van der Waals surface area (Å²) in [6, 6.07) is 2.07. The van der Waals surface area contributed by atoms with Crippen molar-refractivity contribution in [3.63, 3.8) is 0 Å². The minimum atomic E-state index is 0.634. The van der Waals surface area contributed by atoms with Crippen molar-refractivity contribution >= 4 is 5.82 Å². The third kappa shape index (κ3) is 0.640. The van der Waals surface area contributed by atoms with E-state index >= 15 is 0 Å². The molecule has 1 aromatic heterocycles. The van der Waals surface area contributed by atoms with Gasteiger partial charge in [0.15, 0.2) is 0 Å². The standard InChI is InChI=1S/C7H11N3/c8-5-6-1-3-10-4-2-9-7(6)10/h1,3,9H,2,4-5,8H2. The summed E-state index contributed by atoms with van der Waals surface area (Å²) < 4.78 is 2.20. The molecule has 0 amide bonds. The predicted molar refractivity (Wildman–Crippen MR) is 40.8 cm³/mol. The Morgan fingerprint density at radius 1 is 1.70 bits per heavy atom. The van der Waals surface area contributed by atoms with Crippen molar-refractivity contribution in [1.82, 2.24) is 4.57 Å². The highest BCUT2D eigenvalue weighted by Gasteiger charge is 2.11. The third-order valence-corrected chi connectivity index (χ3v) is 1.91. The molecule has 0 atom stereocenters. The number of hydrogen-bond acceptors (Lipinski definition) is 2. The van der Waals surface area contributed by atoms with Gasteiger partial charge in [0.2, 0.25) is 0 Å². The number of rotatable bonds is 1. The Bertz CT molecular complexity index is 239. The van der Waals surface area contributed by atoms with E-state index in [0.29, 0.717) is 6.54 Å². The zero-order chi connectivity index (χ0) is 6.97. The molecular formula is C7H11N3. The summed E-state index contributed by atoms with van der Waals surface area (Å²) >= 11 is 0. The number of anilines is 1. The maximum absolute atomic E-state index is 5.51. The fraction of sp³-hybridized carbons (Fsp3) is 0.429. The largest absolute Gasteiger partial charge is 0.369 e. The van der Waals surface area contributed by atoms with E-state index in [1.165, 1.54) is 11.4 Å². The fourth-order valence-corrected chi connectivity index (χ4v) is 1.38. The first-order valence-corrected chi connectivity index (χ1v) is 3.54. The molecule has 1 aromatic rings. The van der Waals surface area contributed by atoms with Crippen molar-refractivity contribution in [3.8, 4) is 0 Å². The molecule has 3 nitrogen and oxygen atoms in total. The number of hydrogen-bond donors (Lipinski definition) is 2. The van der Waals surface area contributed by atoms with Gasteiger partial charge in [0, 0.05) is 31.4 Å². The minimum Gasteiger partial charge on any atom is -0.369 e. The Balaban J connectivity index is 2.44. The van der Waals surface area contributed by atoms with Crippen molar-refractivity contribution in [2.45, 2.75) is 13.1 Å². The molecule has 0 unspecified atom stereocenters. The Morgan fingerprint density at radius 3 is 3.40 bits per heavy atom. The van der Waals surface area contributed by atoms with Gasteiger partial charge in [-0.1, -0.05) is 0 Å². The number of aromatic nitrogens is 1. The van der Waals surface area contributed by atoms with E-state index in [4.69, 9.17) is 5.73 Å². The molecule has 0 aliphatic carbocycles. The maximum Gasteiger partial charge on any atom is 0.110 e. The molecule has 2 rings (SSSR count). The molecule has 10 heavy (non-hydrogen) atoms. The zero-order valence-corrected chi connectivity index (χ0v) is 5.80. The second-order valence-corrected chi connectivity index (χ2v) is 2.51. The molecule has 2 heterocycles. The van der Waals surface area contributed by atoms with Crippen LogP contribution in [0.4, 0.5) is 5.82 Å². The van der Waals surface area contributed by atoms with Crippen LogP contribution in [0, 0.1) is 0 Å². The highest BCUT2D eigenvalue weighted by Crippen LogP contribution is 2.20.